The Morgan fingerprint density at radius 3 is 2.35 bits per heavy atom. The van der Waals surface area contributed by atoms with Crippen molar-refractivity contribution in [2.75, 3.05) is 20.1 Å². The van der Waals surface area contributed by atoms with Gasteiger partial charge < -0.3 is 9.64 Å². The summed E-state index contributed by atoms with van der Waals surface area (Å²) in [5.74, 6) is 0.630. The summed E-state index contributed by atoms with van der Waals surface area (Å²) in [6.07, 6.45) is 4.00. The van der Waals surface area contributed by atoms with Gasteiger partial charge in [0.25, 0.3) is 5.69 Å². The van der Waals surface area contributed by atoms with E-state index in [1.807, 2.05) is 12.1 Å². The zero-order valence-corrected chi connectivity index (χ0v) is 13.0. The lowest BCUT2D eigenvalue weighted by Crippen LogP contribution is -2.35. The number of benzene rings is 1. The molecule has 120 valence electrons. The second-order valence-corrected chi connectivity index (χ2v) is 5.81. The van der Waals surface area contributed by atoms with Gasteiger partial charge in [-0.15, -0.1) is 0 Å². The molecule has 1 aromatic heterocycles. The largest absolute Gasteiger partial charge is 0.474 e. The lowest BCUT2D eigenvalue weighted by atomic mass is 10.1. The van der Waals surface area contributed by atoms with Gasteiger partial charge in [-0.05, 0) is 43.7 Å². The van der Waals surface area contributed by atoms with Crippen LogP contribution < -0.4 is 4.74 Å². The number of rotatable bonds is 4. The minimum atomic E-state index is -0.402. The highest BCUT2D eigenvalue weighted by atomic mass is 16.6. The number of nitrogens with zero attached hydrogens (tertiary/aromatic N) is 3. The van der Waals surface area contributed by atoms with E-state index in [4.69, 9.17) is 4.74 Å². The topological polar surface area (TPSA) is 68.5 Å². The summed E-state index contributed by atoms with van der Waals surface area (Å²) in [7, 11) is 2.12. The van der Waals surface area contributed by atoms with Crippen molar-refractivity contribution < 1.29 is 9.66 Å². The molecule has 0 amide bonds. The van der Waals surface area contributed by atoms with E-state index in [2.05, 4.69) is 16.9 Å². The summed E-state index contributed by atoms with van der Waals surface area (Å²) in [6, 6.07) is 10.2. The summed E-state index contributed by atoms with van der Waals surface area (Å²) in [6.45, 7) is 2.09. The molecule has 0 spiro atoms. The van der Waals surface area contributed by atoms with Gasteiger partial charge in [0.15, 0.2) is 0 Å². The maximum atomic E-state index is 10.7. The predicted molar refractivity (Wildman–Crippen MR) is 87.5 cm³/mol. The first-order valence-corrected chi connectivity index (χ1v) is 7.68. The van der Waals surface area contributed by atoms with Crippen molar-refractivity contribution in [1.29, 1.82) is 0 Å². The number of pyridine rings is 1. The molecule has 0 aliphatic carbocycles. The maximum Gasteiger partial charge on any atom is 0.269 e. The van der Waals surface area contributed by atoms with E-state index in [1.54, 1.807) is 18.3 Å². The van der Waals surface area contributed by atoms with Gasteiger partial charge in [0.2, 0.25) is 5.88 Å². The van der Waals surface area contributed by atoms with Crippen LogP contribution in [0.3, 0.4) is 0 Å². The first-order valence-electron chi connectivity index (χ1n) is 7.68. The Bertz CT molecular complexity index is 662. The van der Waals surface area contributed by atoms with Gasteiger partial charge in [-0.3, -0.25) is 10.1 Å². The van der Waals surface area contributed by atoms with Crippen molar-refractivity contribution >= 4 is 5.69 Å². The molecular formula is C17H19N3O3. The number of likely N-dealkylation sites (tertiary alicyclic amines) is 1. The van der Waals surface area contributed by atoms with E-state index >= 15 is 0 Å². The Balaban J connectivity index is 1.65. The average Bonchev–Trinajstić information content (AvgIpc) is 2.58. The zero-order chi connectivity index (χ0) is 16.2. The summed E-state index contributed by atoms with van der Waals surface area (Å²) in [5.41, 5.74) is 1.90. The Morgan fingerprint density at radius 2 is 1.78 bits per heavy atom. The van der Waals surface area contributed by atoms with Gasteiger partial charge in [0.1, 0.15) is 6.10 Å². The molecular weight excluding hydrogens is 294 g/mol. The molecule has 1 aliphatic heterocycles. The van der Waals surface area contributed by atoms with E-state index < -0.39 is 4.92 Å². The predicted octanol–water partition coefficient (Wildman–Crippen LogP) is 3.13. The molecule has 6 heteroatoms. The molecule has 2 aromatic rings. The van der Waals surface area contributed by atoms with Crippen molar-refractivity contribution in [1.82, 2.24) is 9.88 Å². The third-order valence-corrected chi connectivity index (χ3v) is 4.10. The molecule has 6 nitrogen and oxygen atoms in total. The van der Waals surface area contributed by atoms with Crippen LogP contribution in [0.15, 0.2) is 42.6 Å². The standard InChI is InChI=1S/C17H19N3O3/c1-19-10-8-16(9-11-19)23-17-7-4-14(12-18-17)13-2-5-15(6-3-13)20(21)22/h2-7,12,16H,8-11H2,1H3. The minimum Gasteiger partial charge on any atom is -0.474 e. The van der Waals surface area contributed by atoms with Crippen molar-refractivity contribution in [3.05, 3.63) is 52.7 Å². The van der Waals surface area contributed by atoms with E-state index in [1.165, 1.54) is 12.1 Å². The number of nitro benzene ring substituents is 1. The second-order valence-electron chi connectivity index (χ2n) is 5.81. The third kappa shape index (κ3) is 3.84. The molecule has 0 saturated carbocycles. The fourth-order valence-electron chi connectivity index (χ4n) is 2.67. The van der Waals surface area contributed by atoms with Crippen LogP contribution in [0.2, 0.25) is 0 Å². The molecule has 0 atom stereocenters. The van der Waals surface area contributed by atoms with Crippen LogP contribution in [0.5, 0.6) is 5.88 Å². The fourth-order valence-corrected chi connectivity index (χ4v) is 2.67. The molecule has 3 rings (SSSR count). The molecule has 1 aromatic carbocycles. The van der Waals surface area contributed by atoms with Crippen LogP contribution in [0.25, 0.3) is 11.1 Å². The SMILES string of the molecule is CN1CCC(Oc2ccc(-c3ccc([N+](=O)[O-])cc3)cn2)CC1. The summed E-state index contributed by atoms with van der Waals surface area (Å²) in [4.78, 5) is 16.9. The highest BCUT2D eigenvalue weighted by Crippen LogP contribution is 2.24. The van der Waals surface area contributed by atoms with E-state index in [-0.39, 0.29) is 11.8 Å². The van der Waals surface area contributed by atoms with Crippen LogP contribution in [-0.4, -0.2) is 41.0 Å². The van der Waals surface area contributed by atoms with Crippen LogP contribution >= 0.6 is 0 Å². The summed E-state index contributed by atoms with van der Waals surface area (Å²) in [5, 5.41) is 10.7. The maximum absolute atomic E-state index is 10.7. The Hall–Kier alpha value is -2.47. The number of hydrogen-bond acceptors (Lipinski definition) is 5. The first kappa shape index (κ1) is 15.4. The minimum absolute atomic E-state index is 0.0870. The first-order chi connectivity index (χ1) is 11.1. The van der Waals surface area contributed by atoms with Crippen molar-refractivity contribution in [3.63, 3.8) is 0 Å². The van der Waals surface area contributed by atoms with Gasteiger partial charge in [-0.2, -0.15) is 0 Å². The lowest BCUT2D eigenvalue weighted by Gasteiger charge is -2.28. The molecule has 0 N–H and O–H groups in total. The number of hydrogen-bond donors (Lipinski definition) is 0. The molecule has 2 heterocycles. The summed E-state index contributed by atoms with van der Waals surface area (Å²) < 4.78 is 5.92. The molecule has 0 bridgehead atoms. The van der Waals surface area contributed by atoms with Gasteiger partial charge >= 0.3 is 0 Å². The molecule has 1 fully saturated rings. The van der Waals surface area contributed by atoms with E-state index in [9.17, 15) is 10.1 Å². The van der Waals surface area contributed by atoms with Crippen molar-refractivity contribution in [3.8, 4) is 17.0 Å². The summed E-state index contributed by atoms with van der Waals surface area (Å²) >= 11 is 0. The van der Waals surface area contributed by atoms with Gasteiger partial charge in [0.05, 0.1) is 4.92 Å². The normalized spacial score (nSPS) is 16.2. The lowest BCUT2D eigenvalue weighted by molar-refractivity contribution is -0.384. The van der Waals surface area contributed by atoms with Crippen molar-refractivity contribution in [2.24, 2.45) is 0 Å². The Kier molecular flexibility index (Phi) is 4.52. The average molecular weight is 313 g/mol. The Labute approximate surface area is 134 Å². The molecule has 1 saturated heterocycles. The third-order valence-electron chi connectivity index (χ3n) is 4.10. The quantitative estimate of drug-likeness (QED) is 0.641. The highest BCUT2D eigenvalue weighted by Gasteiger charge is 2.18. The van der Waals surface area contributed by atoms with Crippen LogP contribution in [-0.2, 0) is 0 Å². The molecule has 0 unspecified atom stereocenters. The number of nitro groups is 1. The second kappa shape index (κ2) is 6.75. The molecule has 1 aliphatic rings. The van der Waals surface area contributed by atoms with Crippen LogP contribution in [0, 0.1) is 10.1 Å². The van der Waals surface area contributed by atoms with Crippen molar-refractivity contribution in [2.45, 2.75) is 18.9 Å². The van der Waals surface area contributed by atoms with E-state index in [0.29, 0.717) is 5.88 Å². The fraction of sp³-hybridized carbons (Fsp3) is 0.353. The smallest absolute Gasteiger partial charge is 0.269 e. The monoisotopic (exact) mass is 313 g/mol. The van der Waals surface area contributed by atoms with Crippen LogP contribution in [0.4, 0.5) is 5.69 Å². The van der Waals surface area contributed by atoms with Gasteiger partial charge in [-0.25, -0.2) is 4.98 Å². The van der Waals surface area contributed by atoms with Crippen LogP contribution in [0.1, 0.15) is 12.8 Å². The zero-order valence-electron chi connectivity index (χ0n) is 13.0. The number of non-ortho nitro benzene ring substituents is 1. The molecule has 23 heavy (non-hydrogen) atoms. The number of piperidine rings is 1. The van der Waals surface area contributed by atoms with Gasteiger partial charge in [-0.1, -0.05) is 0 Å². The number of aromatic nitrogens is 1. The van der Waals surface area contributed by atoms with E-state index in [0.717, 1.165) is 37.1 Å². The van der Waals surface area contributed by atoms with Gasteiger partial charge in [0, 0.05) is 43.0 Å². The highest BCUT2D eigenvalue weighted by molar-refractivity contribution is 5.64. The number of ether oxygens (including phenoxy) is 1. The molecule has 0 radical (unpaired) electrons. The Morgan fingerprint density at radius 1 is 1.13 bits per heavy atom.